The van der Waals surface area contributed by atoms with Crippen LogP contribution in [-0.2, 0) is 14.4 Å². The molecule has 0 bridgehead atoms. The maximum absolute atomic E-state index is 13.2. The molecule has 1 saturated carbocycles. The molecule has 0 heterocycles. The lowest BCUT2D eigenvalue weighted by Gasteiger charge is -2.37. The number of rotatable bonds is 7. The second-order valence-electron chi connectivity index (χ2n) is 7.64. The number of carbonyl (C=O) groups is 3. The van der Waals surface area contributed by atoms with E-state index in [1.54, 1.807) is 4.90 Å². The predicted molar refractivity (Wildman–Crippen MR) is 99.6 cm³/mol. The summed E-state index contributed by atoms with van der Waals surface area (Å²) in [4.78, 5) is 42.1. The van der Waals surface area contributed by atoms with Crippen molar-refractivity contribution < 1.29 is 24.6 Å². The molecule has 10 heteroatoms. The van der Waals surface area contributed by atoms with Crippen LogP contribution in [0.15, 0.2) is 4.99 Å². The van der Waals surface area contributed by atoms with E-state index in [1.165, 1.54) is 6.92 Å². The molecule has 0 aromatic carbocycles. The summed E-state index contributed by atoms with van der Waals surface area (Å²) in [6.45, 7) is 8.65. The second kappa shape index (κ2) is 8.55. The van der Waals surface area contributed by atoms with Gasteiger partial charge in [0, 0.05) is 31.3 Å². The van der Waals surface area contributed by atoms with Crippen LogP contribution in [0.2, 0.25) is 0 Å². The molecule has 27 heavy (non-hydrogen) atoms. The van der Waals surface area contributed by atoms with Crippen LogP contribution in [0.25, 0.3) is 0 Å². The number of aliphatic carboxylic acids is 1. The Morgan fingerprint density at radius 2 is 1.67 bits per heavy atom. The highest BCUT2D eigenvalue weighted by atomic mass is 16.4. The number of guanidine groups is 1. The summed E-state index contributed by atoms with van der Waals surface area (Å²) >= 11 is 0. The lowest BCUT2D eigenvalue weighted by molar-refractivity contribution is -0.158. The van der Waals surface area contributed by atoms with Crippen molar-refractivity contribution in [2.24, 2.45) is 22.4 Å². The van der Waals surface area contributed by atoms with Gasteiger partial charge in [0.15, 0.2) is 11.6 Å². The van der Waals surface area contributed by atoms with Crippen LogP contribution >= 0.6 is 0 Å². The first-order chi connectivity index (χ1) is 12.3. The van der Waals surface area contributed by atoms with Crippen LogP contribution in [0.4, 0.5) is 0 Å². The van der Waals surface area contributed by atoms with E-state index in [9.17, 15) is 24.6 Å². The molecule has 4 atom stereocenters. The number of nitrogens with two attached hydrogens (primary N) is 2. The quantitative estimate of drug-likeness (QED) is 0.276. The Bertz CT molecular complexity index is 609. The SMILES string of the molecule is CC(=O)N[C@H](C(=O)N(C(C)C)C(C)C)[C@H]1C[C@](O)(C(=O)O)C[C@@H]1N=C(N)N. The zero-order valence-corrected chi connectivity index (χ0v) is 16.5. The zero-order valence-electron chi connectivity index (χ0n) is 16.5. The molecule has 7 N–H and O–H groups in total. The molecule has 0 aromatic rings. The zero-order chi connectivity index (χ0) is 21.1. The highest BCUT2D eigenvalue weighted by Crippen LogP contribution is 2.39. The maximum atomic E-state index is 13.2. The number of carbonyl (C=O) groups excluding carboxylic acids is 2. The lowest BCUT2D eigenvalue weighted by Crippen LogP contribution is -2.56. The third-order valence-corrected chi connectivity index (χ3v) is 4.75. The molecule has 1 aliphatic rings. The number of amides is 2. The van der Waals surface area contributed by atoms with Crippen molar-refractivity contribution in [3.63, 3.8) is 0 Å². The van der Waals surface area contributed by atoms with Crippen molar-refractivity contribution in [1.82, 2.24) is 10.2 Å². The van der Waals surface area contributed by atoms with Crippen LogP contribution < -0.4 is 16.8 Å². The normalized spacial score (nSPS) is 25.9. The standard InChI is InChI=1S/C17H31N5O5/c1-8(2)22(9(3)4)14(24)13(20-10(5)23)11-6-17(27,15(25)26)7-12(11)21-16(18)19/h8-9,11-13,27H,6-7H2,1-5H3,(H,20,23)(H,25,26)(H4,18,19,21)/t11-,12-,13-,17+/m0/s1. The Hall–Kier alpha value is -2.36. The van der Waals surface area contributed by atoms with Gasteiger partial charge in [-0.15, -0.1) is 0 Å². The number of hydrogen-bond acceptors (Lipinski definition) is 5. The number of carboxylic acid groups (broad SMARTS) is 1. The molecule has 1 aliphatic carbocycles. The minimum absolute atomic E-state index is 0.143. The first kappa shape index (κ1) is 22.7. The van der Waals surface area contributed by atoms with Crippen molar-refractivity contribution in [3.8, 4) is 0 Å². The van der Waals surface area contributed by atoms with E-state index in [1.807, 2.05) is 27.7 Å². The number of hydrogen-bond donors (Lipinski definition) is 5. The van der Waals surface area contributed by atoms with Gasteiger partial charge in [-0.2, -0.15) is 0 Å². The largest absolute Gasteiger partial charge is 0.479 e. The molecule has 0 radical (unpaired) electrons. The van der Waals surface area contributed by atoms with Gasteiger partial charge in [0.1, 0.15) is 6.04 Å². The average Bonchev–Trinajstić information content (AvgIpc) is 2.80. The summed E-state index contributed by atoms with van der Waals surface area (Å²) in [5.74, 6) is -3.29. The molecule has 1 fully saturated rings. The third-order valence-electron chi connectivity index (χ3n) is 4.75. The Labute approximate surface area is 159 Å². The Kier molecular flexibility index (Phi) is 7.18. The molecule has 154 valence electrons. The van der Waals surface area contributed by atoms with Gasteiger partial charge in [-0.25, -0.2) is 9.79 Å². The second-order valence-corrected chi connectivity index (χ2v) is 7.64. The molecule has 0 spiro atoms. The molecule has 10 nitrogen and oxygen atoms in total. The van der Waals surface area contributed by atoms with E-state index in [4.69, 9.17) is 11.5 Å². The summed E-state index contributed by atoms with van der Waals surface area (Å²) in [7, 11) is 0. The number of aliphatic hydroxyl groups is 1. The fraction of sp³-hybridized carbons (Fsp3) is 0.765. The summed E-state index contributed by atoms with van der Waals surface area (Å²) < 4.78 is 0. The topological polar surface area (TPSA) is 171 Å². The number of nitrogens with zero attached hydrogens (tertiary/aromatic N) is 2. The summed E-state index contributed by atoms with van der Waals surface area (Å²) in [5, 5.41) is 22.4. The Morgan fingerprint density at radius 1 is 1.15 bits per heavy atom. The molecule has 0 aliphatic heterocycles. The van der Waals surface area contributed by atoms with Crippen molar-refractivity contribution in [2.45, 2.75) is 77.2 Å². The Morgan fingerprint density at radius 3 is 2.04 bits per heavy atom. The smallest absolute Gasteiger partial charge is 0.335 e. The summed E-state index contributed by atoms with van der Waals surface area (Å²) in [6.07, 6.45) is -0.512. The Balaban J connectivity index is 3.37. The van der Waals surface area contributed by atoms with Crippen LogP contribution in [-0.4, -0.2) is 68.6 Å². The van der Waals surface area contributed by atoms with Crippen LogP contribution in [0, 0.1) is 5.92 Å². The van der Waals surface area contributed by atoms with Gasteiger partial charge >= 0.3 is 5.97 Å². The minimum atomic E-state index is -2.08. The molecule has 2 amide bonds. The fourth-order valence-corrected chi connectivity index (χ4v) is 3.79. The highest BCUT2D eigenvalue weighted by molar-refractivity contribution is 5.88. The summed E-state index contributed by atoms with van der Waals surface area (Å²) in [6, 6.07) is -2.17. The molecular formula is C17H31N5O5. The average molecular weight is 385 g/mol. The molecule has 1 rings (SSSR count). The van der Waals surface area contributed by atoms with Crippen LogP contribution in [0.1, 0.15) is 47.5 Å². The summed E-state index contributed by atoms with van der Waals surface area (Å²) in [5.41, 5.74) is 8.82. The van der Waals surface area contributed by atoms with E-state index < -0.39 is 35.5 Å². The van der Waals surface area contributed by atoms with Gasteiger partial charge in [-0.1, -0.05) is 0 Å². The van der Waals surface area contributed by atoms with Gasteiger partial charge < -0.3 is 31.9 Å². The van der Waals surface area contributed by atoms with E-state index >= 15 is 0 Å². The van der Waals surface area contributed by atoms with Gasteiger partial charge in [-0.3, -0.25) is 9.59 Å². The van der Waals surface area contributed by atoms with Crippen molar-refractivity contribution >= 4 is 23.7 Å². The van der Waals surface area contributed by atoms with Gasteiger partial charge in [0.25, 0.3) is 0 Å². The first-order valence-electron chi connectivity index (χ1n) is 8.94. The molecule has 0 aromatic heterocycles. The maximum Gasteiger partial charge on any atom is 0.335 e. The first-order valence-corrected chi connectivity index (χ1v) is 8.94. The van der Waals surface area contributed by atoms with E-state index in [-0.39, 0.29) is 36.8 Å². The van der Waals surface area contributed by atoms with Crippen LogP contribution in [0.5, 0.6) is 0 Å². The lowest BCUT2D eigenvalue weighted by atomic mass is 9.91. The van der Waals surface area contributed by atoms with Crippen molar-refractivity contribution in [2.75, 3.05) is 0 Å². The van der Waals surface area contributed by atoms with Gasteiger partial charge in [-0.05, 0) is 34.1 Å². The minimum Gasteiger partial charge on any atom is -0.479 e. The predicted octanol–water partition coefficient (Wildman–Crippen LogP) is -0.996. The van der Waals surface area contributed by atoms with E-state index in [0.717, 1.165) is 0 Å². The van der Waals surface area contributed by atoms with E-state index in [2.05, 4.69) is 10.3 Å². The fourth-order valence-electron chi connectivity index (χ4n) is 3.79. The monoisotopic (exact) mass is 385 g/mol. The van der Waals surface area contributed by atoms with Crippen LogP contribution in [0.3, 0.4) is 0 Å². The van der Waals surface area contributed by atoms with Crippen molar-refractivity contribution in [1.29, 1.82) is 0 Å². The molecule has 0 unspecified atom stereocenters. The van der Waals surface area contributed by atoms with E-state index in [0.29, 0.717) is 0 Å². The molecule has 0 saturated heterocycles. The number of aliphatic imine (C=N–C) groups is 1. The third kappa shape index (κ3) is 5.31. The number of nitrogens with one attached hydrogen (secondary N) is 1. The van der Waals surface area contributed by atoms with Crippen molar-refractivity contribution in [3.05, 3.63) is 0 Å². The molecular weight excluding hydrogens is 354 g/mol. The highest BCUT2D eigenvalue weighted by Gasteiger charge is 2.54. The van der Waals surface area contributed by atoms with Gasteiger partial charge in [0.05, 0.1) is 6.04 Å². The van der Waals surface area contributed by atoms with Gasteiger partial charge in [0.2, 0.25) is 11.8 Å². The number of carboxylic acids is 1.